The third kappa shape index (κ3) is 4.83. The monoisotopic (exact) mass is 390 g/mol. The third-order valence-electron chi connectivity index (χ3n) is 3.46. The normalized spacial score (nSPS) is 10.1. The summed E-state index contributed by atoms with van der Waals surface area (Å²) in [5, 5.41) is 0. The van der Waals surface area contributed by atoms with Gasteiger partial charge in [0.15, 0.2) is 6.61 Å². The van der Waals surface area contributed by atoms with Gasteiger partial charge in [0.25, 0.3) is 11.8 Å². The Balaban J connectivity index is 1.85. The number of carbonyl (C=O) groups is 2. The van der Waals surface area contributed by atoms with Crippen LogP contribution < -0.4 is 15.6 Å². The summed E-state index contributed by atoms with van der Waals surface area (Å²) in [5.41, 5.74) is 7.08. The van der Waals surface area contributed by atoms with E-state index in [1.165, 1.54) is 0 Å². The first kappa shape index (κ1) is 18.0. The Kier molecular flexibility index (Phi) is 6.37. The lowest BCUT2D eigenvalue weighted by molar-refractivity contribution is -0.123. The molecule has 0 aliphatic carbocycles. The van der Waals surface area contributed by atoms with Gasteiger partial charge in [-0.2, -0.15) is 0 Å². The average molecular weight is 391 g/mol. The number of amides is 2. The van der Waals surface area contributed by atoms with Crippen LogP contribution in [-0.2, 0) is 11.2 Å². The van der Waals surface area contributed by atoms with Crippen LogP contribution in [0.4, 0.5) is 0 Å². The third-order valence-corrected chi connectivity index (χ3v) is 3.95. The summed E-state index contributed by atoms with van der Waals surface area (Å²) in [6, 6.07) is 12.8. The maximum Gasteiger partial charge on any atom is 0.276 e. The summed E-state index contributed by atoms with van der Waals surface area (Å²) in [4.78, 5) is 23.9. The van der Waals surface area contributed by atoms with Crippen molar-refractivity contribution in [2.24, 2.45) is 0 Å². The average Bonchev–Trinajstić information content (AvgIpc) is 2.58. The van der Waals surface area contributed by atoms with Gasteiger partial charge in [0.2, 0.25) is 0 Å². The molecule has 2 amide bonds. The zero-order valence-corrected chi connectivity index (χ0v) is 15.1. The van der Waals surface area contributed by atoms with E-state index in [-0.39, 0.29) is 12.5 Å². The van der Waals surface area contributed by atoms with Crippen molar-refractivity contribution in [3.63, 3.8) is 0 Å². The molecule has 0 saturated heterocycles. The molecule has 0 atom stereocenters. The van der Waals surface area contributed by atoms with Crippen LogP contribution in [0, 0.1) is 6.92 Å². The molecule has 126 valence electrons. The molecule has 2 aromatic rings. The Labute approximate surface area is 149 Å². The molecule has 5 nitrogen and oxygen atoms in total. The van der Waals surface area contributed by atoms with E-state index in [0.717, 1.165) is 22.0 Å². The van der Waals surface area contributed by atoms with Crippen LogP contribution in [0.25, 0.3) is 0 Å². The standard InChI is InChI=1S/C18H19BrN2O3/c1-3-13-6-4-5-7-16(13)24-11-17(22)20-21-18(23)15-9-8-14(19)10-12(15)2/h4-10H,3,11H2,1-2H3,(H,20,22)(H,21,23). The van der Waals surface area contributed by atoms with Crippen LogP contribution in [0.3, 0.4) is 0 Å². The van der Waals surface area contributed by atoms with Crippen LogP contribution in [0.15, 0.2) is 46.9 Å². The lowest BCUT2D eigenvalue weighted by Gasteiger charge is -2.12. The van der Waals surface area contributed by atoms with Crippen LogP contribution >= 0.6 is 15.9 Å². The van der Waals surface area contributed by atoms with E-state index in [9.17, 15) is 9.59 Å². The number of halogens is 1. The Hall–Kier alpha value is -2.34. The number of hydrogen-bond acceptors (Lipinski definition) is 3. The fourth-order valence-electron chi connectivity index (χ4n) is 2.19. The maximum atomic E-state index is 12.1. The van der Waals surface area contributed by atoms with Gasteiger partial charge in [-0.15, -0.1) is 0 Å². The molecule has 0 unspecified atom stereocenters. The van der Waals surface area contributed by atoms with Crippen LogP contribution in [0.1, 0.15) is 28.4 Å². The minimum absolute atomic E-state index is 0.170. The first-order valence-corrected chi connectivity index (χ1v) is 8.36. The van der Waals surface area contributed by atoms with Gasteiger partial charge in [0.05, 0.1) is 0 Å². The molecule has 24 heavy (non-hydrogen) atoms. The molecule has 0 aliphatic heterocycles. The van der Waals surface area contributed by atoms with Crippen molar-refractivity contribution in [2.75, 3.05) is 6.61 Å². The van der Waals surface area contributed by atoms with Gasteiger partial charge in [-0.3, -0.25) is 20.4 Å². The molecule has 0 radical (unpaired) electrons. The predicted octanol–water partition coefficient (Wildman–Crippen LogP) is 3.16. The first-order valence-electron chi connectivity index (χ1n) is 7.57. The van der Waals surface area contributed by atoms with E-state index in [2.05, 4.69) is 26.8 Å². The summed E-state index contributed by atoms with van der Waals surface area (Å²) in [6.07, 6.45) is 0.817. The zero-order chi connectivity index (χ0) is 17.5. The lowest BCUT2D eigenvalue weighted by Crippen LogP contribution is -2.44. The van der Waals surface area contributed by atoms with Crippen molar-refractivity contribution in [3.8, 4) is 5.75 Å². The van der Waals surface area contributed by atoms with E-state index < -0.39 is 5.91 Å². The highest BCUT2D eigenvalue weighted by molar-refractivity contribution is 9.10. The summed E-state index contributed by atoms with van der Waals surface area (Å²) in [7, 11) is 0. The van der Waals surface area contributed by atoms with Crippen LogP contribution in [-0.4, -0.2) is 18.4 Å². The molecule has 0 aromatic heterocycles. The van der Waals surface area contributed by atoms with E-state index in [4.69, 9.17) is 4.74 Å². The number of para-hydroxylation sites is 1. The lowest BCUT2D eigenvalue weighted by atomic mass is 10.1. The highest BCUT2D eigenvalue weighted by atomic mass is 79.9. The van der Waals surface area contributed by atoms with Gasteiger partial charge >= 0.3 is 0 Å². The molecule has 0 saturated carbocycles. The Morgan fingerprint density at radius 1 is 1.12 bits per heavy atom. The topological polar surface area (TPSA) is 67.4 Å². The molecule has 0 heterocycles. The predicted molar refractivity (Wildman–Crippen MR) is 95.8 cm³/mol. The van der Waals surface area contributed by atoms with E-state index in [1.807, 2.05) is 44.2 Å². The van der Waals surface area contributed by atoms with Crippen molar-refractivity contribution in [3.05, 3.63) is 63.6 Å². The number of rotatable bonds is 5. The van der Waals surface area contributed by atoms with Crippen LogP contribution in [0.5, 0.6) is 5.75 Å². The van der Waals surface area contributed by atoms with Gasteiger partial charge in [-0.05, 0) is 48.7 Å². The van der Waals surface area contributed by atoms with E-state index in [0.29, 0.717) is 11.3 Å². The fraction of sp³-hybridized carbons (Fsp3) is 0.222. The minimum Gasteiger partial charge on any atom is -0.483 e. The van der Waals surface area contributed by atoms with Crippen molar-refractivity contribution in [1.82, 2.24) is 10.9 Å². The molecule has 2 rings (SSSR count). The smallest absolute Gasteiger partial charge is 0.276 e. The Morgan fingerprint density at radius 3 is 2.58 bits per heavy atom. The number of carbonyl (C=O) groups excluding carboxylic acids is 2. The van der Waals surface area contributed by atoms with Crippen molar-refractivity contribution in [1.29, 1.82) is 0 Å². The van der Waals surface area contributed by atoms with Gasteiger partial charge in [0, 0.05) is 10.0 Å². The number of ether oxygens (including phenoxy) is 1. The molecule has 6 heteroatoms. The van der Waals surface area contributed by atoms with E-state index in [1.54, 1.807) is 12.1 Å². The molecule has 2 N–H and O–H groups in total. The second-order valence-corrected chi connectivity index (χ2v) is 6.13. The summed E-state index contributed by atoms with van der Waals surface area (Å²) in [6.45, 7) is 3.67. The maximum absolute atomic E-state index is 12.1. The van der Waals surface area contributed by atoms with E-state index >= 15 is 0 Å². The summed E-state index contributed by atoms with van der Waals surface area (Å²) in [5.74, 6) is -0.128. The number of hydrazine groups is 1. The van der Waals surface area contributed by atoms with Gasteiger partial charge in [-0.25, -0.2) is 0 Å². The fourth-order valence-corrected chi connectivity index (χ4v) is 2.67. The highest BCUT2D eigenvalue weighted by Crippen LogP contribution is 2.18. The number of nitrogens with one attached hydrogen (secondary N) is 2. The second-order valence-electron chi connectivity index (χ2n) is 5.21. The second kappa shape index (κ2) is 8.49. The first-order chi connectivity index (χ1) is 11.5. The molecule has 2 aromatic carbocycles. The molecule has 0 spiro atoms. The molecular weight excluding hydrogens is 372 g/mol. The quantitative estimate of drug-likeness (QED) is 0.770. The van der Waals surface area contributed by atoms with Gasteiger partial charge < -0.3 is 4.74 Å². The SMILES string of the molecule is CCc1ccccc1OCC(=O)NNC(=O)c1ccc(Br)cc1C. The molecule has 0 fully saturated rings. The number of benzene rings is 2. The molecule has 0 aliphatic rings. The highest BCUT2D eigenvalue weighted by Gasteiger charge is 2.11. The summed E-state index contributed by atoms with van der Waals surface area (Å²) >= 11 is 3.34. The molecule has 0 bridgehead atoms. The van der Waals surface area contributed by atoms with Gasteiger partial charge in [0.1, 0.15) is 5.75 Å². The van der Waals surface area contributed by atoms with Crippen molar-refractivity contribution >= 4 is 27.7 Å². The number of aryl methyl sites for hydroxylation is 2. The minimum atomic E-state index is -0.427. The zero-order valence-electron chi connectivity index (χ0n) is 13.6. The largest absolute Gasteiger partial charge is 0.483 e. The van der Waals surface area contributed by atoms with Crippen LogP contribution in [0.2, 0.25) is 0 Å². The van der Waals surface area contributed by atoms with Crippen molar-refractivity contribution in [2.45, 2.75) is 20.3 Å². The van der Waals surface area contributed by atoms with Crippen molar-refractivity contribution < 1.29 is 14.3 Å². The molecular formula is C18H19BrN2O3. The Bertz CT molecular complexity index is 747. The van der Waals surface area contributed by atoms with Gasteiger partial charge in [-0.1, -0.05) is 41.1 Å². The number of hydrogen-bond donors (Lipinski definition) is 2. The summed E-state index contributed by atoms with van der Waals surface area (Å²) < 4.78 is 6.39. The Morgan fingerprint density at radius 2 is 1.88 bits per heavy atom.